The molecule has 156 valence electrons. The molecule has 0 fully saturated rings. The molecule has 0 aliphatic heterocycles. The third kappa shape index (κ3) is 5.92. The Bertz CT molecular complexity index is 1110. The molecule has 1 N–H and O–H groups in total. The third-order valence-corrected chi connectivity index (χ3v) is 7.13. The van der Waals surface area contributed by atoms with Gasteiger partial charge in [-0.25, -0.2) is 8.42 Å². The Balaban J connectivity index is 1.82. The summed E-state index contributed by atoms with van der Waals surface area (Å²) >= 11 is 9.41. The Morgan fingerprint density at radius 2 is 1.57 bits per heavy atom. The molecule has 0 aliphatic rings. The number of amides is 1. The number of nitrogens with one attached hydrogen (secondary N) is 1. The largest absolute Gasteiger partial charge is 0.324 e. The smallest absolute Gasteiger partial charge is 0.243 e. The molecule has 8 heteroatoms. The summed E-state index contributed by atoms with van der Waals surface area (Å²) in [4.78, 5) is 12.8. The van der Waals surface area contributed by atoms with Crippen molar-refractivity contribution >= 4 is 49.1 Å². The van der Waals surface area contributed by atoms with Crippen LogP contribution in [-0.2, 0) is 21.2 Å². The van der Waals surface area contributed by atoms with Gasteiger partial charge < -0.3 is 5.32 Å². The monoisotopic (exact) mass is 506 g/mol. The number of sulfonamides is 1. The molecule has 0 saturated carbocycles. The third-order valence-electron chi connectivity index (χ3n) is 4.41. The molecule has 0 bridgehead atoms. The van der Waals surface area contributed by atoms with E-state index in [4.69, 9.17) is 11.6 Å². The van der Waals surface area contributed by atoms with Gasteiger partial charge in [0.25, 0.3) is 0 Å². The number of para-hydroxylation sites is 1. The second-order valence-electron chi connectivity index (χ2n) is 6.56. The van der Waals surface area contributed by atoms with Crippen molar-refractivity contribution in [1.29, 1.82) is 0 Å². The molecular weight excluding hydrogens is 488 g/mol. The normalized spacial score (nSPS) is 11.4. The molecule has 30 heavy (non-hydrogen) atoms. The minimum absolute atomic E-state index is 0.129. The van der Waals surface area contributed by atoms with Gasteiger partial charge in [-0.1, -0.05) is 70.0 Å². The summed E-state index contributed by atoms with van der Waals surface area (Å²) in [5.41, 5.74) is 1.42. The van der Waals surface area contributed by atoms with Gasteiger partial charge in [0.15, 0.2) is 0 Å². The summed E-state index contributed by atoms with van der Waals surface area (Å²) in [5, 5.41) is 3.07. The van der Waals surface area contributed by atoms with Crippen molar-refractivity contribution in [3.63, 3.8) is 0 Å². The molecule has 0 spiro atoms. The van der Waals surface area contributed by atoms with E-state index in [2.05, 4.69) is 21.2 Å². The Morgan fingerprint density at radius 1 is 0.933 bits per heavy atom. The molecule has 1 amide bonds. The number of carbonyl (C=O) groups excluding carboxylic acids is 1. The summed E-state index contributed by atoms with van der Waals surface area (Å²) in [6.07, 6.45) is 0.482. The van der Waals surface area contributed by atoms with E-state index in [-0.39, 0.29) is 18.0 Å². The van der Waals surface area contributed by atoms with Crippen molar-refractivity contribution in [2.24, 2.45) is 0 Å². The van der Waals surface area contributed by atoms with Crippen LogP contribution in [0, 0.1) is 0 Å². The van der Waals surface area contributed by atoms with Crippen molar-refractivity contribution in [3.8, 4) is 0 Å². The highest BCUT2D eigenvalue weighted by Gasteiger charge is 2.26. The van der Waals surface area contributed by atoms with Crippen LogP contribution < -0.4 is 5.32 Å². The maximum Gasteiger partial charge on any atom is 0.243 e. The van der Waals surface area contributed by atoms with Crippen LogP contribution in [0.25, 0.3) is 0 Å². The van der Waals surface area contributed by atoms with E-state index in [1.165, 1.54) is 16.4 Å². The van der Waals surface area contributed by atoms with Crippen LogP contribution in [0.2, 0.25) is 5.02 Å². The number of rotatable bonds is 8. The second-order valence-corrected chi connectivity index (χ2v) is 9.82. The number of benzene rings is 3. The molecule has 3 aromatic carbocycles. The van der Waals surface area contributed by atoms with Crippen molar-refractivity contribution < 1.29 is 13.2 Å². The summed E-state index contributed by atoms with van der Waals surface area (Å²) in [7, 11) is -3.87. The fraction of sp³-hybridized carbons (Fsp3) is 0.136. The first-order chi connectivity index (χ1) is 14.4. The zero-order valence-corrected chi connectivity index (χ0v) is 19.1. The van der Waals surface area contributed by atoms with Gasteiger partial charge in [-0.3, -0.25) is 4.79 Å². The van der Waals surface area contributed by atoms with E-state index in [0.29, 0.717) is 17.1 Å². The minimum atomic E-state index is -3.87. The quantitative estimate of drug-likeness (QED) is 0.468. The van der Waals surface area contributed by atoms with Crippen LogP contribution in [0.1, 0.15) is 5.56 Å². The molecule has 5 nitrogen and oxygen atoms in total. The second kappa shape index (κ2) is 10.2. The van der Waals surface area contributed by atoms with Crippen molar-refractivity contribution in [3.05, 3.63) is 93.9 Å². The molecule has 3 aromatic rings. The number of nitrogens with zero attached hydrogens (tertiary/aromatic N) is 1. The molecule has 0 radical (unpaired) electrons. The zero-order chi connectivity index (χ0) is 21.6. The van der Waals surface area contributed by atoms with Gasteiger partial charge in [-0.05, 0) is 48.4 Å². The van der Waals surface area contributed by atoms with Gasteiger partial charge in [-0.15, -0.1) is 0 Å². The Labute approximate surface area is 189 Å². The lowest BCUT2D eigenvalue weighted by atomic mass is 10.1. The lowest BCUT2D eigenvalue weighted by Gasteiger charge is -2.22. The Hall–Kier alpha value is -2.19. The lowest BCUT2D eigenvalue weighted by molar-refractivity contribution is -0.116. The number of halogens is 2. The van der Waals surface area contributed by atoms with Crippen LogP contribution in [0.5, 0.6) is 0 Å². The van der Waals surface area contributed by atoms with E-state index in [1.807, 2.05) is 30.3 Å². The highest BCUT2D eigenvalue weighted by atomic mass is 79.9. The number of anilines is 1. The fourth-order valence-corrected chi connectivity index (χ4v) is 4.70. The van der Waals surface area contributed by atoms with Gasteiger partial charge in [0, 0.05) is 11.0 Å². The van der Waals surface area contributed by atoms with E-state index in [0.717, 1.165) is 10.0 Å². The molecule has 0 aromatic heterocycles. The van der Waals surface area contributed by atoms with Crippen LogP contribution in [-0.4, -0.2) is 31.7 Å². The van der Waals surface area contributed by atoms with Gasteiger partial charge in [-0.2, -0.15) is 4.31 Å². The summed E-state index contributed by atoms with van der Waals surface area (Å²) in [6.45, 7) is -0.158. The van der Waals surface area contributed by atoms with Gasteiger partial charge >= 0.3 is 0 Å². The van der Waals surface area contributed by atoms with Crippen molar-refractivity contribution in [1.82, 2.24) is 4.31 Å². The van der Waals surface area contributed by atoms with Crippen LogP contribution >= 0.6 is 27.5 Å². The molecule has 0 aliphatic carbocycles. The summed E-state index contributed by atoms with van der Waals surface area (Å²) < 4.78 is 28.4. The van der Waals surface area contributed by atoms with Crippen LogP contribution in [0.4, 0.5) is 5.69 Å². The highest BCUT2D eigenvalue weighted by Crippen LogP contribution is 2.22. The number of carbonyl (C=O) groups is 1. The van der Waals surface area contributed by atoms with E-state index in [9.17, 15) is 13.2 Å². The van der Waals surface area contributed by atoms with Gasteiger partial charge in [0.2, 0.25) is 15.9 Å². The molecular formula is C22H20BrClN2O3S. The van der Waals surface area contributed by atoms with Crippen molar-refractivity contribution in [2.45, 2.75) is 11.3 Å². The molecule has 0 unspecified atom stereocenters. The SMILES string of the molecule is O=C(CN(CCc1ccccc1)S(=O)(=O)c1ccc(Br)cc1)Nc1ccccc1Cl. The van der Waals surface area contributed by atoms with Crippen LogP contribution in [0.3, 0.4) is 0 Å². The standard InChI is InChI=1S/C22H20BrClN2O3S/c23-18-10-12-19(13-11-18)30(28,29)26(15-14-17-6-2-1-3-7-17)16-22(27)25-21-9-5-4-8-20(21)24/h1-13H,14-16H2,(H,25,27). The van der Waals surface area contributed by atoms with Gasteiger partial charge in [0.05, 0.1) is 22.2 Å². The number of hydrogen-bond donors (Lipinski definition) is 1. The lowest BCUT2D eigenvalue weighted by Crippen LogP contribution is -2.39. The average molecular weight is 508 g/mol. The first-order valence-electron chi connectivity index (χ1n) is 9.20. The van der Waals surface area contributed by atoms with E-state index >= 15 is 0 Å². The predicted octanol–water partition coefficient (Wildman–Crippen LogP) is 4.97. The Kier molecular flexibility index (Phi) is 7.66. The first kappa shape index (κ1) is 22.5. The van der Waals surface area contributed by atoms with Gasteiger partial charge in [0.1, 0.15) is 0 Å². The molecule has 3 rings (SSSR count). The van der Waals surface area contributed by atoms with E-state index in [1.54, 1.807) is 36.4 Å². The van der Waals surface area contributed by atoms with E-state index < -0.39 is 15.9 Å². The predicted molar refractivity (Wildman–Crippen MR) is 123 cm³/mol. The first-order valence-corrected chi connectivity index (χ1v) is 11.8. The number of hydrogen-bond acceptors (Lipinski definition) is 3. The topological polar surface area (TPSA) is 66.5 Å². The maximum absolute atomic E-state index is 13.2. The molecule has 0 heterocycles. The zero-order valence-electron chi connectivity index (χ0n) is 16.0. The van der Waals surface area contributed by atoms with Crippen LogP contribution in [0.15, 0.2) is 88.2 Å². The average Bonchev–Trinajstić information content (AvgIpc) is 2.74. The molecule has 0 saturated heterocycles. The van der Waals surface area contributed by atoms with Crippen molar-refractivity contribution in [2.75, 3.05) is 18.4 Å². The molecule has 0 atom stereocenters. The highest BCUT2D eigenvalue weighted by molar-refractivity contribution is 9.10. The Morgan fingerprint density at radius 3 is 2.23 bits per heavy atom. The maximum atomic E-state index is 13.2. The fourth-order valence-electron chi connectivity index (χ4n) is 2.85. The minimum Gasteiger partial charge on any atom is -0.324 e. The summed E-state index contributed by atoms with van der Waals surface area (Å²) in [6, 6.07) is 22.7. The summed E-state index contributed by atoms with van der Waals surface area (Å²) in [5.74, 6) is -0.461.